The molecule has 0 radical (unpaired) electrons. The summed E-state index contributed by atoms with van der Waals surface area (Å²) < 4.78 is 46.4. The number of hydrogen-bond acceptors (Lipinski definition) is 4. The van der Waals surface area contributed by atoms with Gasteiger partial charge in [0.15, 0.2) is 0 Å². The van der Waals surface area contributed by atoms with Crippen LogP contribution in [-0.4, -0.2) is 40.6 Å². The Labute approximate surface area is 148 Å². The highest BCUT2D eigenvalue weighted by molar-refractivity contribution is 5.92. The Bertz CT molecular complexity index is 895. The lowest BCUT2D eigenvalue weighted by Gasteiger charge is -2.35. The predicted octanol–water partition coefficient (Wildman–Crippen LogP) is 3.36. The molecule has 136 valence electrons. The lowest BCUT2D eigenvalue weighted by molar-refractivity contribution is -0.137. The minimum Gasteiger partial charge on any atom is -0.373 e. The van der Waals surface area contributed by atoms with Crippen molar-refractivity contribution in [1.82, 2.24) is 14.8 Å². The Morgan fingerprint density at radius 3 is 2.85 bits per heavy atom. The molecule has 1 fully saturated rings. The highest BCUT2D eigenvalue weighted by atomic mass is 19.4. The van der Waals surface area contributed by atoms with Gasteiger partial charge in [0.1, 0.15) is 0 Å². The summed E-state index contributed by atoms with van der Waals surface area (Å²) in [4.78, 5) is 6.25. The van der Waals surface area contributed by atoms with Crippen LogP contribution in [0.4, 0.5) is 18.9 Å². The maximum absolute atomic E-state index is 12.9. The molecular formula is C18H17F3N4O. The molecule has 0 amide bonds. The molecule has 1 aliphatic heterocycles. The first-order valence-electron chi connectivity index (χ1n) is 8.31. The first kappa shape index (κ1) is 16.8. The van der Waals surface area contributed by atoms with E-state index in [0.717, 1.165) is 17.8 Å². The molecule has 0 N–H and O–H groups in total. The molecule has 1 saturated heterocycles. The molecule has 8 heteroatoms. The third kappa shape index (κ3) is 3.37. The van der Waals surface area contributed by atoms with E-state index in [-0.39, 0.29) is 6.10 Å². The molecule has 0 aliphatic carbocycles. The molecule has 4 rings (SSSR count). The van der Waals surface area contributed by atoms with E-state index in [1.165, 1.54) is 6.07 Å². The van der Waals surface area contributed by atoms with Crippen LogP contribution in [0.25, 0.3) is 10.9 Å². The van der Waals surface area contributed by atoms with Gasteiger partial charge in [-0.2, -0.15) is 18.3 Å². The first-order chi connectivity index (χ1) is 12.5. The number of anilines is 1. The maximum atomic E-state index is 12.9. The van der Waals surface area contributed by atoms with Crippen LogP contribution in [0.3, 0.4) is 0 Å². The number of aromatic nitrogens is 3. The molecule has 0 saturated carbocycles. The fourth-order valence-corrected chi connectivity index (χ4v) is 3.25. The molecule has 0 bridgehead atoms. The summed E-state index contributed by atoms with van der Waals surface area (Å²) in [7, 11) is 0. The van der Waals surface area contributed by atoms with E-state index >= 15 is 0 Å². The number of morpholine rings is 1. The zero-order valence-corrected chi connectivity index (χ0v) is 13.9. The number of pyridine rings is 1. The fourth-order valence-electron chi connectivity index (χ4n) is 3.25. The summed E-state index contributed by atoms with van der Waals surface area (Å²) in [5, 5.41) is 4.90. The topological polar surface area (TPSA) is 43.2 Å². The smallest absolute Gasteiger partial charge is 0.373 e. The van der Waals surface area contributed by atoms with Crippen molar-refractivity contribution in [3.05, 3.63) is 54.5 Å². The van der Waals surface area contributed by atoms with Crippen molar-refractivity contribution in [2.45, 2.75) is 18.8 Å². The Hall–Kier alpha value is -2.61. The van der Waals surface area contributed by atoms with E-state index in [4.69, 9.17) is 4.74 Å². The summed E-state index contributed by atoms with van der Waals surface area (Å²) in [5.41, 5.74) is 0.526. The summed E-state index contributed by atoms with van der Waals surface area (Å²) in [5.74, 6) is 0. The van der Waals surface area contributed by atoms with Gasteiger partial charge in [-0.1, -0.05) is 6.07 Å². The van der Waals surface area contributed by atoms with Crippen molar-refractivity contribution in [1.29, 1.82) is 0 Å². The van der Waals surface area contributed by atoms with Crippen LogP contribution < -0.4 is 4.90 Å². The van der Waals surface area contributed by atoms with Gasteiger partial charge in [-0.25, -0.2) is 0 Å². The average molecular weight is 362 g/mol. The maximum Gasteiger partial charge on any atom is 0.416 e. The van der Waals surface area contributed by atoms with Crippen LogP contribution in [0.15, 0.2) is 48.9 Å². The quantitative estimate of drug-likeness (QED) is 0.717. The van der Waals surface area contributed by atoms with Gasteiger partial charge in [0.2, 0.25) is 0 Å². The summed E-state index contributed by atoms with van der Waals surface area (Å²) in [6.45, 7) is 2.50. The minimum atomic E-state index is -4.38. The molecule has 3 heterocycles. The molecule has 1 aliphatic rings. The van der Waals surface area contributed by atoms with Crippen LogP contribution in [0.2, 0.25) is 0 Å². The van der Waals surface area contributed by atoms with Crippen molar-refractivity contribution in [2.24, 2.45) is 0 Å². The second-order valence-corrected chi connectivity index (χ2v) is 6.23. The fraction of sp³-hybridized carbons (Fsp3) is 0.333. The number of fused-ring (bicyclic) bond motifs is 1. The van der Waals surface area contributed by atoms with Gasteiger partial charge in [-0.3, -0.25) is 9.67 Å². The number of hydrogen-bond donors (Lipinski definition) is 0. The number of nitrogens with zero attached hydrogens (tertiary/aromatic N) is 4. The summed E-state index contributed by atoms with van der Waals surface area (Å²) >= 11 is 0. The molecule has 3 aromatic rings. The molecule has 0 spiro atoms. The van der Waals surface area contributed by atoms with Gasteiger partial charge in [0.25, 0.3) is 0 Å². The molecule has 2 aromatic heterocycles. The summed E-state index contributed by atoms with van der Waals surface area (Å²) in [6.07, 6.45) is 0.731. The Kier molecular flexibility index (Phi) is 4.28. The molecule has 1 unspecified atom stereocenters. The van der Waals surface area contributed by atoms with E-state index < -0.39 is 11.7 Å². The second-order valence-electron chi connectivity index (χ2n) is 6.23. The highest BCUT2D eigenvalue weighted by Gasteiger charge is 2.31. The zero-order valence-electron chi connectivity index (χ0n) is 13.9. The van der Waals surface area contributed by atoms with Crippen LogP contribution in [-0.2, 0) is 17.5 Å². The van der Waals surface area contributed by atoms with Gasteiger partial charge in [-0.15, -0.1) is 0 Å². The van der Waals surface area contributed by atoms with Gasteiger partial charge in [0, 0.05) is 42.8 Å². The minimum absolute atomic E-state index is 0.0405. The summed E-state index contributed by atoms with van der Waals surface area (Å²) in [6, 6.07) is 7.40. The predicted molar refractivity (Wildman–Crippen MR) is 90.9 cm³/mol. The third-order valence-corrected chi connectivity index (χ3v) is 4.48. The van der Waals surface area contributed by atoms with Gasteiger partial charge in [-0.05, 0) is 24.3 Å². The SMILES string of the molecule is FC(F)(F)c1ccc2c(N3CCOC(Cn4cccn4)C3)ccnc2c1. The Morgan fingerprint density at radius 2 is 2.08 bits per heavy atom. The van der Waals surface area contributed by atoms with Crippen molar-refractivity contribution in [3.8, 4) is 0 Å². The Balaban J connectivity index is 1.61. The van der Waals surface area contributed by atoms with Gasteiger partial charge < -0.3 is 9.64 Å². The molecule has 5 nitrogen and oxygen atoms in total. The van der Waals surface area contributed by atoms with Crippen molar-refractivity contribution in [3.63, 3.8) is 0 Å². The number of alkyl halides is 3. The van der Waals surface area contributed by atoms with Gasteiger partial charge >= 0.3 is 6.18 Å². The number of halogens is 3. The molecule has 26 heavy (non-hydrogen) atoms. The van der Waals surface area contributed by atoms with Crippen molar-refractivity contribution >= 4 is 16.6 Å². The molecular weight excluding hydrogens is 345 g/mol. The normalized spacial score (nSPS) is 18.4. The number of ether oxygens (including phenoxy) is 1. The van der Waals surface area contributed by atoms with Crippen molar-refractivity contribution in [2.75, 3.05) is 24.6 Å². The van der Waals surface area contributed by atoms with E-state index in [1.54, 1.807) is 12.4 Å². The van der Waals surface area contributed by atoms with Gasteiger partial charge in [0.05, 0.1) is 30.3 Å². The van der Waals surface area contributed by atoms with Crippen LogP contribution in [0, 0.1) is 0 Å². The largest absolute Gasteiger partial charge is 0.416 e. The lowest BCUT2D eigenvalue weighted by Crippen LogP contribution is -2.44. The monoisotopic (exact) mass is 362 g/mol. The van der Waals surface area contributed by atoms with Crippen LogP contribution in [0.1, 0.15) is 5.56 Å². The third-order valence-electron chi connectivity index (χ3n) is 4.48. The standard InChI is InChI=1S/C18H17F3N4O/c19-18(20,21)13-2-3-15-16(10-13)22-6-4-17(15)24-8-9-26-14(11-24)12-25-7-1-5-23-25/h1-7,10,14H,8-9,11-12H2. The Morgan fingerprint density at radius 1 is 1.19 bits per heavy atom. The molecule has 1 aromatic carbocycles. The molecule has 1 atom stereocenters. The highest BCUT2D eigenvalue weighted by Crippen LogP contribution is 2.34. The van der Waals surface area contributed by atoms with Crippen LogP contribution in [0.5, 0.6) is 0 Å². The van der Waals surface area contributed by atoms with Crippen LogP contribution >= 0.6 is 0 Å². The van der Waals surface area contributed by atoms with Crippen molar-refractivity contribution < 1.29 is 17.9 Å². The van der Waals surface area contributed by atoms with E-state index in [2.05, 4.69) is 15.0 Å². The average Bonchev–Trinajstić information content (AvgIpc) is 3.13. The number of benzene rings is 1. The number of rotatable bonds is 3. The first-order valence-corrected chi connectivity index (χ1v) is 8.31. The van der Waals surface area contributed by atoms with E-state index in [0.29, 0.717) is 37.1 Å². The van der Waals surface area contributed by atoms with E-state index in [9.17, 15) is 13.2 Å². The second kappa shape index (κ2) is 6.60. The lowest BCUT2D eigenvalue weighted by atomic mass is 10.1. The zero-order chi connectivity index (χ0) is 18.1. The van der Waals surface area contributed by atoms with E-state index in [1.807, 2.05) is 23.0 Å².